The first-order valence-electron chi connectivity index (χ1n) is 7.15. The number of likely N-dealkylation sites (tertiary alicyclic amines) is 1. The second-order valence-electron chi connectivity index (χ2n) is 6.20. The van der Waals surface area contributed by atoms with Gasteiger partial charge in [-0.25, -0.2) is 0 Å². The number of benzene rings is 2. The molecular formula is C17H16ClNO2. The van der Waals surface area contributed by atoms with Crippen molar-refractivity contribution in [2.24, 2.45) is 0 Å². The van der Waals surface area contributed by atoms with E-state index < -0.39 is 0 Å². The van der Waals surface area contributed by atoms with E-state index in [0.29, 0.717) is 18.1 Å². The molecule has 3 nitrogen and oxygen atoms in total. The third kappa shape index (κ3) is 2.13. The Kier molecular flexibility index (Phi) is 2.80. The van der Waals surface area contributed by atoms with Crippen molar-refractivity contribution in [1.29, 1.82) is 0 Å². The highest BCUT2D eigenvalue weighted by Crippen LogP contribution is 2.51. The van der Waals surface area contributed by atoms with E-state index in [1.165, 1.54) is 0 Å². The van der Waals surface area contributed by atoms with Crippen LogP contribution in [0.3, 0.4) is 0 Å². The van der Waals surface area contributed by atoms with Crippen molar-refractivity contribution in [3.8, 4) is 11.5 Å². The van der Waals surface area contributed by atoms with Crippen molar-refractivity contribution in [2.45, 2.75) is 11.8 Å². The zero-order chi connectivity index (χ0) is 14.6. The van der Waals surface area contributed by atoms with E-state index in [1.54, 1.807) is 7.05 Å². The van der Waals surface area contributed by atoms with Gasteiger partial charge >= 0.3 is 0 Å². The summed E-state index contributed by atoms with van der Waals surface area (Å²) in [6.45, 7) is 1.15. The number of nitrogens with zero attached hydrogens (tertiary/aromatic N) is 1. The number of hydroxylamine groups is 3. The van der Waals surface area contributed by atoms with E-state index in [-0.39, 0.29) is 16.5 Å². The summed E-state index contributed by atoms with van der Waals surface area (Å²) in [6.07, 6.45) is 0. The van der Waals surface area contributed by atoms with E-state index in [1.807, 2.05) is 36.4 Å². The Balaban J connectivity index is 1.94. The third-order valence-electron chi connectivity index (χ3n) is 4.56. The van der Waals surface area contributed by atoms with Crippen LogP contribution in [0.4, 0.5) is 0 Å². The lowest BCUT2D eigenvalue weighted by Gasteiger charge is -2.34. The molecule has 2 aromatic carbocycles. The Morgan fingerprint density at radius 2 is 1.71 bits per heavy atom. The Hall–Kier alpha value is -1.55. The summed E-state index contributed by atoms with van der Waals surface area (Å²) in [5.41, 5.74) is 2.19. The van der Waals surface area contributed by atoms with Gasteiger partial charge in [0.1, 0.15) is 11.5 Å². The SMILES string of the molecule is C[N@@+]1([O-])C[C@H]2c3ccccc3Oc3ccc(Cl)cc3[C@@H]2C1. The number of likely N-dealkylation sites (N-methyl/N-ethyl adjacent to an activating group) is 1. The average molecular weight is 302 g/mol. The number of fused-ring (bicyclic) bond motifs is 5. The second kappa shape index (κ2) is 4.47. The van der Waals surface area contributed by atoms with E-state index in [2.05, 4.69) is 6.07 Å². The second-order valence-corrected chi connectivity index (χ2v) is 6.63. The van der Waals surface area contributed by atoms with Gasteiger partial charge < -0.3 is 14.6 Å². The lowest BCUT2D eigenvalue weighted by molar-refractivity contribution is -0.848. The molecule has 0 unspecified atom stereocenters. The predicted octanol–water partition coefficient (Wildman–Crippen LogP) is 4.27. The van der Waals surface area contributed by atoms with Gasteiger partial charge in [0, 0.05) is 28.0 Å². The normalized spacial score (nSPS) is 29.9. The minimum Gasteiger partial charge on any atom is -0.633 e. The van der Waals surface area contributed by atoms with Crippen LogP contribution in [0.15, 0.2) is 42.5 Å². The molecule has 2 heterocycles. The molecule has 3 atom stereocenters. The van der Waals surface area contributed by atoms with E-state index in [9.17, 15) is 5.21 Å². The van der Waals surface area contributed by atoms with Gasteiger partial charge in [-0.2, -0.15) is 0 Å². The number of quaternary nitrogens is 1. The van der Waals surface area contributed by atoms with Crippen LogP contribution in [0, 0.1) is 5.21 Å². The number of halogens is 1. The van der Waals surface area contributed by atoms with Crippen molar-refractivity contribution in [2.75, 3.05) is 20.1 Å². The first kappa shape index (κ1) is 13.1. The Bertz CT molecular complexity index is 714. The maximum atomic E-state index is 12.5. The maximum Gasteiger partial charge on any atom is 0.131 e. The van der Waals surface area contributed by atoms with E-state index in [4.69, 9.17) is 16.3 Å². The summed E-state index contributed by atoms with van der Waals surface area (Å²) in [6, 6.07) is 13.7. The quantitative estimate of drug-likeness (QED) is 0.537. The minimum absolute atomic E-state index is 0.157. The van der Waals surface area contributed by atoms with Gasteiger partial charge in [0.15, 0.2) is 0 Å². The molecule has 4 rings (SSSR count). The molecule has 0 N–H and O–H groups in total. The average Bonchev–Trinajstić information content (AvgIpc) is 2.71. The monoisotopic (exact) mass is 301 g/mol. The number of ether oxygens (including phenoxy) is 1. The van der Waals surface area contributed by atoms with Crippen molar-refractivity contribution in [3.63, 3.8) is 0 Å². The zero-order valence-corrected chi connectivity index (χ0v) is 12.5. The van der Waals surface area contributed by atoms with Crippen LogP contribution in [-0.4, -0.2) is 24.8 Å². The molecule has 0 bridgehead atoms. The van der Waals surface area contributed by atoms with Crippen molar-refractivity contribution in [3.05, 3.63) is 63.8 Å². The third-order valence-corrected chi connectivity index (χ3v) is 4.80. The number of hydrogen-bond donors (Lipinski definition) is 0. The van der Waals surface area contributed by atoms with Crippen molar-refractivity contribution < 1.29 is 9.38 Å². The van der Waals surface area contributed by atoms with Gasteiger partial charge in [-0.3, -0.25) is 0 Å². The molecule has 108 valence electrons. The Morgan fingerprint density at radius 1 is 1.05 bits per heavy atom. The Morgan fingerprint density at radius 3 is 2.52 bits per heavy atom. The van der Waals surface area contributed by atoms with Crippen molar-refractivity contribution in [1.82, 2.24) is 0 Å². The zero-order valence-electron chi connectivity index (χ0n) is 11.8. The van der Waals surface area contributed by atoms with Gasteiger partial charge in [-0.05, 0) is 24.3 Å². The summed E-state index contributed by atoms with van der Waals surface area (Å²) >= 11 is 6.16. The molecule has 1 saturated heterocycles. The molecule has 2 aliphatic heterocycles. The number of hydrogen-bond acceptors (Lipinski definition) is 2. The highest BCUT2D eigenvalue weighted by Gasteiger charge is 2.44. The fourth-order valence-corrected chi connectivity index (χ4v) is 3.87. The van der Waals surface area contributed by atoms with Gasteiger partial charge in [0.2, 0.25) is 0 Å². The molecular weight excluding hydrogens is 286 g/mol. The number of rotatable bonds is 0. The molecule has 0 spiro atoms. The van der Waals surface area contributed by atoms with E-state index in [0.717, 1.165) is 22.6 Å². The summed E-state index contributed by atoms with van der Waals surface area (Å²) < 4.78 is 5.88. The molecule has 2 aromatic rings. The largest absolute Gasteiger partial charge is 0.633 e. The number of para-hydroxylation sites is 1. The predicted molar refractivity (Wildman–Crippen MR) is 82.7 cm³/mol. The molecule has 0 aromatic heterocycles. The van der Waals surface area contributed by atoms with Gasteiger partial charge in [-0.15, -0.1) is 0 Å². The summed E-state index contributed by atoms with van der Waals surface area (Å²) in [4.78, 5) is 0. The molecule has 0 aliphatic carbocycles. The first-order valence-corrected chi connectivity index (χ1v) is 7.53. The molecule has 0 saturated carbocycles. The smallest absolute Gasteiger partial charge is 0.131 e. The van der Waals surface area contributed by atoms with E-state index >= 15 is 0 Å². The Labute approximate surface area is 128 Å². The maximum absolute atomic E-state index is 12.5. The lowest BCUT2D eigenvalue weighted by atomic mass is 9.84. The summed E-state index contributed by atoms with van der Waals surface area (Å²) in [5.74, 6) is 2.02. The molecule has 0 radical (unpaired) electrons. The standard InChI is InChI=1S/C17H16ClNO2/c1-19(20)9-14-12-4-2-3-5-16(12)21-17-7-6-11(18)8-13(17)15(14)10-19/h2-8,14-15H,9-10H2,1H3/t14-,15-,19+/m0/s1. The molecule has 4 heteroatoms. The molecule has 21 heavy (non-hydrogen) atoms. The minimum atomic E-state index is -0.213. The highest BCUT2D eigenvalue weighted by molar-refractivity contribution is 6.30. The molecule has 0 amide bonds. The van der Waals surface area contributed by atoms with Gasteiger partial charge in [0.05, 0.1) is 20.1 Å². The van der Waals surface area contributed by atoms with Crippen LogP contribution in [0.25, 0.3) is 0 Å². The first-order chi connectivity index (χ1) is 10.0. The van der Waals surface area contributed by atoms with Crippen molar-refractivity contribution >= 4 is 11.6 Å². The summed E-state index contributed by atoms with van der Waals surface area (Å²) in [5, 5.41) is 13.2. The van der Waals surface area contributed by atoms with Gasteiger partial charge in [0.25, 0.3) is 0 Å². The highest BCUT2D eigenvalue weighted by atomic mass is 35.5. The molecule has 2 aliphatic rings. The molecule has 1 fully saturated rings. The van der Waals surface area contributed by atoms with Crippen LogP contribution in [0.2, 0.25) is 5.02 Å². The van der Waals surface area contributed by atoms with Crippen LogP contribution in [-0.2, 0) is 0 Å². The van der Waals surface area contributed by atoms with Crippen LogP contribution in [0.5, 0.6) is 11.5 Å². The van der Waals surface area contributed by atoms with Crippen LogP contribution < -0.4 is 4.74 Å². The van der Waals surface area contributed by atoms with Gasteiger partial charge in [-0.1, -0.05) is 29.8 Å². The summed E-state index contributed by atoms with van der Waals surface area (Å²) in [7, 11) is 1.75. The van der Waals surface area contributed by atoms with Crippen LogP contribution in [0.1, 0.15) is 23.0 Å². The topological polar surface area (TPSA) is 32.3 Å². The fourth-order valence-electron chi connectivity index (χ4n) is 3.69. The van der Waals surface area contributed by atoms with Crippen LogP contribution >= 0.6 is 11.6 Å². The lowest BCUT2D eigenvalue weighted by Crippen LogP contribution is -2.34. The fraction of sp³-hybridized carbons (Fsp3) is 0.294.